The molecule has 0 aliphatic heterocycles. The van der Waals surface area contributed by atoms with Crippen LogP contribution in [0.5, 0.6) is 11.5 Å². The minimum atomic E-state index is 0.568. The van der Waals surface area contributed by atoms with Crippen molar-refractivity contribution >= 4 is 12.0 Å². The molecule has 0 aliphatic rings. The first-order chi connectivity index (χ1) is 14.8. The zero-order valence-electron chi connectivity index (χ0n) is 17.0. The first-order valence-corrected chi connectivity index (χ1v) is 9.84. The molecule has 3 aromatic carbocycles. The predicted octanol–water partition coefficient (Wildman–Crippen LogP) is 5.70. The summed E-state index contributed by atoms with van der Waals surface area (Å²) in [5.41, 5.74) is 3.79. The van der Waals surface area contributed by atoms with Gasteiger partial charge in [-0.3, -0.25) is 0 Å². The average molecular weight is 397 g/mol. The Bertz CT molecular complexity index is 1140. The van der Waals surface area contributed by atoms with Crippen LogP contribution >= 0.6 is 0 Å². The number of aromatic nitrogens is 2. The van der Waals surface area contributed by atoms with E-state index in [0.29, 0.717) is 18.1 Å². The number of aliphatic imine (C=N–C) groups is 1. The minimum absolute atomic E-state index is 0.568. The summed E-state index contributed by atoms with van der Waals surface area (Å²) in [5, 5.41) is 4.80. The Morgan fingerprint density at radius 2 is 1.63 bits per heavy atom. The second-order valence-corrected chi connectivity index (χ2v) is 6.60. The lowest BCUT2D eigenvalue weighted by atomic mass is 10.1. The fraction of sp³-hybridized carbons (Fsp3) is 0.120. The van der Waals surface area contributed by atoms with Crippen molar-refractivity contribution in [3.05, 3.63) is 90.5 Å². The van der Waals surface area contributed by atoms with Crippen molar-refractivity contribution in [1.82, 2.24) is 9.78 Å². The summed E-state index contributed by atoms with van der Waals surface area (Å²) in [5.74, 6) is 2.15. The summed E-state index contributed by atoms with van der Waals surface area (Å²) in [6, 6.07) is 27.8. The van der Waals surface area contributed by atoms with Crippen LogP contribution in [0.4, 0.5) is 5.82 Å². The standard InChI is InChI=1S/C25H23N3O2/c1-3-30-24-16-19(14-15-23(24)29-2)18-26-25-17-22(20-10-6-4-7-11-20)27-28(25)21-12-8-5-9-13-21/h4-18H,3H2,1-2H3. The van der Waals surface area contributed by atoms with Crippen LogP contribution in [0, 0.1) is 0 Å². The van der Waals surface area contributed by atoms with Crippen molar-refractivity contribution in [1.29, 1.82) is 0 Å². The van der Waals surface area contributed by atoms with E-state index in [1.54, 1.807) is 7.11 Å². The molecule has 150 valence electrons. The Balaban J connectivity index is 1.73. The van der Waals surface area contributed by atoms with Gasteiger partial charge in [0.1, 0.15) is 0 Å². The van der Waals surface area contributed by atoms with Crippen LogP contribution in [0.2, 0.25) is 0 Å². The maximum Gasteiger partial charge on any atom is 0.161 e. The van der Waals surface area contributed by atoms with E-state index in [0.717, 1.165) is 28.3 Å². The minimum Gasteiger partial charge on any atom is -0.493 e. The molecule has 0 bridgehead atoms. The number of para-hydroxylation sites is 1. The monoisotopic (exact) mass is 397 g/mol. The van der Waals surface area contributed by atoms with E-state index in [9.17, 15) is 0 Å². The van der Waals surface area contributed by atoms with Gasteiger partial charge in [0.05, 0.1) is 25.1 Å². The largest absolute Gasteiger partial charge is 0.493 e. The van der Waals surface area contributed by atoms with Crippen molar-refractivity contribution in [2.75, 3.05) is 13.7 Å². The molecule has 0 saturated heterocycles. The van der Waals surface area contributed by atoms with Gasteiger partial charge in [0.15, 0.2) is 17.3 Å². The molecule has 4 aromatic rings. The third-order valence-corrected chi connectivity index (χ3v) is 4.59. The molecule has 30 heavy (non-hydrogen) atoms. The van der Waals surface area contributed by atoms with Gasteiger partial charge in [0.25, 0.3) is 0 Å². The lowest BCUT2D eigenvalue weighted by molar-refractivity contribution is 0.311. The van der Waals surface area contributed by atoms with Gasteiger partial charge >= 0.3 is 0 Å². The molecular weight excluding hydrogens is 374 g/mol. The van der Waals surface area contributed by atoms with Crippen LogP contribution in [-0.2, 0) is 0 Å². The molecule has 0 fully saturated rings. The average Bonchev–Trinajstić information content (AvgIpc) is 3.24. The van der Waals surface area contributed by atoms with Gasteiger partial charge in [-0.1, -0.05) is 48.5 Å². The van der Waals surface area contributed by atoms with E-state index in [-0.39, 0.29) is 0 Å². The van der Waals surface area contributed by atoms with Gasteiger partial charge in [-0.15, -0.1) is 0 Å². The van der Waals surface area contributed by atoms with Gasteiger partial charge in [-0.2, -0.15) is 5.10 Å². The summed E-state index contributed by atoms with van der Waals surface area (Å²) in [4.78, 5) is 4.73. The SMILES string of the molecule is CCOc1cc(C=Nc2cc(-c3ccccc3)nn2-c2ccccc2)ccc1OC. The summed E-state index contributed by atoms with van der Waals surface area (Å²) in [7, 11) is 1.63. The summed E-state index contributed by atoms with van der Waals surface area (Å²) in [6.07, 6.45) is 1.81. The Hall–Kier alpha value is -3.86. The topological polar surface area (TPSA) is 48.6 Å². The molecule has 5 heteroatoms. The molecule has 0 spiro atoms. The van der Waals surface area contributed by atoms with E-state index in [4.69, 9.17) is 19.6 Å². The fourth-order valence-corrected chi connectivity index (χ4v) is 3.15. The molecule has 0 saturated carbocycles. The highest BCUT2D eigenvalue weighted by Crippen LogP contribution is 2.29. The molecule has 1 aromatic heterocycles. The van der Waals surface area contributed by atoms with E-state index in [1.165, 1.54) is 0 Å². The second-order valence-electron chi connectivity index (χ2n) is 6.60. The van der Waals surface area contributed by atoms with Crippen LogP contribution in [-0.4, -0.2) is 29.7 Å². The number of hydrogen-bond acceptors (Lipinski definition) is 4. The molecule has 0 radical (unpaired) electrons. The van der Waals surface area contributed by atoms with E-state index in [1.807, 2.05) is 103 Å². The van der Waals surface area contributed by atoms with Crippen molar-refractivity contribution in [2.45, 2.75) is 6.92 Å². The Kier molecular flexibility index (Phi) is 5.90. The summed E-state index contributed by atoms with van der Waals surface area (Å²) >= 11 is 0. The zero-order valence-corrected chi connectivity index (χ0v) is 17.0. The Morgan fingerprint density at radius 1 is 0.900 bits per heavy atom. The number of rotatable bonds is 7. The number of nitrogens with zero attached hydrogens (tertiary/aromatic N) is 3. The van der Waals surface area contributed by atoms with Crippen molar-refractivity contribution in [3.8, 4) is 28.4 Å². The van der Waals surface area contributed by atoms with E-state index >= 15 is 0 Å². The van der Waals surface area contributed by atoms with Crippen molar-refractivity contribution in [2.24, 2.45) is 4.99 Å². The summed E-state index contributed by atoms with van der Waals surface area (Å²) in [6.45, 7) is 2.52. The zero-order chi connectivity index (χ0) is 20.8. The van der Waals surface area contributed by atoms with Gasteiger partial charge in [0.2, 0.25) is 0 Å². The lowest BCUT2D eigenvalue weighted by Crippen LogP contribution is -1.97. The van der Waals surface area contributed by atoms with Crippen LogP contribution in [0.3, 0.4) is 0 Å². The molecule has 1 heterocycles. The van der Waals surface area contributed by atoms with Crippen molar-refractivity contribution < 1.29 is 9.47 Å². The first-order valence-electron chi connectivity index (χ1n) is 9.84. The highest BCUT2D eigenvalue weighted by Gasteiger charge is 2.10. The Morgan fingerprint density at radius 3 is 2.33 bits per heavy atom. The molecule has 5 nitrogen and oxygen atoms in total. The third-order valence-electron chi connectivity index (χ3n) is 4.59. The number of hydrogen-bond donors (Lipinski definition) is 0. The number of ether oxygens (including phenoxy) is 2. The van der Waals surface area contributed by atoms with Crippen LogP contribution < -0.4 is 9.47 Å². The van der Waals surface area contributed by atoms with Crippen molar-refractivity contribution in [3.63, 3.8) is 0 Å². The third kappa shape index (κ3) is 4.25. The fourth-order valence-electron chi connectivity index (χ4n) is 3.15. The molecular formula is C25H23N3O2. The Labute approximate surface area is 176 Å². The van der Waals surface area contributed by atoms with Gasteiger partial charge < -0.3 is 9.47 Å². The lowest BCUT2D eigenvalue weighted by Gasteiger charge is -2.09. The molecule has 0 unspecified atom stereocenters. The first kappa shape index (κ1) is 19.5. The second kappa shape index (κ2) is 9.09. The predicted molar refractivity (Wildman–Crippen MR) is 120 cm³/mol. The van der Waals surface area contributed by atoms with E-state index < -0.39 is 0 Å². The maximum atomic E-state index is 5.67. The summed E-state index contributed by atoms with van der Waals surface area (Å²) < 4.78 is 12.9. The number of methoxy groups -OCH3 is 1. The molecule has 4 rings (SSSR count). The van der Waals surface area contributed by atoms with E-state index in [2.05, 4.69) is 0 Å². The normalized spacial score (nSPS) is 11.0. The highest BCUT2D eigenvalue weighted by atomic mass is 16.5. The van der Waals surface area contributed by atoms with Gasteiger partial charge in [-0.05, 0) is 42.8 Å². The molecule has 0 aliphatic carbocycles. The van der Waals surface area contributed by atoms with Crippen LogP contribution in [0.15, 0.2) is 89.9 Å². The van der Waals surface area contributed by atoms with Gasteiger partial charge in [-0.25, -0.2) is 9.67 Å². The number of benzene rings is 3. The smallest absolute Gasteiger partial charge is 0.161 e. The quantitative estimate of drug-likeness (QED) is 0.376. The molecule has 0 N–H and O–H groups in total. The van der Waals surface area contributed by atoms with Crippen LogP contribution in [0.25, 0.3) is 16.9 Å². The molecule has 0 amide bonds. The molecule has 0 atom stereocenters. The maximum absolute atomic E-state index is 5.67. The highest BCUT2D eigenvalue weighted by molar-refractivity contribution is 5.83. The van der Waals surface area contributed by atoms with Gasteiger partial charge in [0, 0.05) is 17.8 Å². The van der Waals surface area contributed by atoms with Crippen LogP contribution in [0.1, 0.15) is 12.5 Å².